The average molecular weight is 421 g/mol. The molecule has 22 heavy (non-hydrogen) atoms. The Morgan fingerprint density at radius 2 is 2.14 bits per heavy atom. The minimum absolute atomic E-state index is 0. The maximum atomic E-state index is 12.7. The van der Waals surface area contributed by atoms with Crippen molar-refractivity contribution in [2.45, 2.75) is 26.2 Å². The van der Waals surface area contributed by atoms with Crippen molar-refractivity contribution in [3.8, 4) is 5.75 Å². The lowest BCUT2D eigenvalue weighted by molar-refractivity contribution is 0.269. The predicted octanol–water partition coefficient (Wildman–Crippen LogP) is 3.26. The molecule has 1 aromatic carbocycles. The summed E-state index contributed by atoms with van der Waals surface area (Å²) in [7, 11) is 0. The number of hydrogen-bond acceptors (Lipinski definition) is 2. The average Bonchev–Trinajstić information content (AvgIpc) is 2.48. The summed E-state index contributed by atoms with van der Waals surface area (Å²) in [6.07, 6.45) is 3.25. The van der Waals surface area contributed by atoms with Gasteiger partial charge in [0.05, 0.1) is 6.61 Å². The Morgan fingerprint density at radius 3 is 2.82 bits per heavy atom. The fourth-order valence-corrected chi connectivity index (χ4v) is 2.48. The quantitative estimate of drug-likeness (QED) is 0.344. The molecule has 1 aliphatic rings. The Hall–Kier alpha value is -1.05. The van der Waals surface area contributed by atoms with E-state index in [1.807, 2.05) is 0 Å². The lowest BCUT2D eigenvalue weighted by Gasteiger charge is -2.31. The van der Waals surface area contributed by atoms with Crippen molar-refractivity contribution in [3.05, 3.63) is 30.1 Å². The van der Waals surface area contributed by atoms with Gasteiger partial charge in [-0.3, -0.25) is 4.99 Å². The first kappa shape index (κ1) is 19.0. The molecule has 124 valence electrons. The first-order valence-electron chi connectivity index (χ1n) is 7.58. The molecule has 1 saturated heterocycles. The summed E-state index contributed by atoms with van der Waals surface area (Å²) in [5, 5.41) is 0. The largest absolute Gasteiger partial charge is 0.494 e. The van der Waals surface area contributed by atoms with Gasteiger partial charge >= 0.3 is 0 Å². The van der Waals surface area contributed by atoms with Gasteiger partial charge in [0, 0.05) is 26.1 Å². The van der Waals surface area contributed by atoms with Crippen LogP contribution in [-0.2, 0) is 0 Å². The van der Waals surface area contributed by atoms with E-state index in [4.69, 9.17) is 10.5 Å². The van der Waals surface area contributed by atoms with Crippen LogP contribution in [0.25, 0.3) is 0 Å². The van der Waals surface area contributed by atoms with Crippen molar-refractivity contribution in [3.63, 3.8) is 0 Å². The number of ether oxygens (including phenoxy) is 1. The molecule has 1 aromatic rings. The van der Waals surface area contributed by atoms with Gasteiger partial charge in [0.2, 0.25) is 0 Å². The molecule has 1 aliphatic heterocycles. The number of likely N-dealkylation sites (tertiary alicyclic amines) is 1. The molecule has 0 aliphatic carbocycles. The van der Waals surface area contributed by atoms with Crippen molar-refractivity contribution in [1.82, 2.24) is 4.90 Å². The monoisotopic (exact) mass is 421 g/mol. The third kappa shape index (κ3) is 6.37. The summed E-state index contributed by atoms with van der Waals surface area (Å²) >= 11 is 0. The van der Waals surface area contributed by atoms with Gasteiger partial charge in [0.1, 0.15) is 11.6 Å². The first-order chi connectivity index (χ1) is 10.1. The van der Waals surface area contributed by atoms with Crippen molar-refractivity contribution in [1.29, 1.82) is 0 Å². The van der Waals surface area contributed by atoms with Crippen LogP contribution in [0.5, 0.6) is 5.75 Å². The van der Waals surface area contributed by atoms with Crippen LogP contribution in [0.3, 0.4) is 0 Å². The van der Waals surface area contributed by atoms with Gasteiger partial charge in [-0.2, -0.15) is 0 Å². The van der Waals surface area contributed by atoms with E-state index in [2.05, 4.69) is 16.8 Å². The van der Waals surface area contributed by atoms with E-state index in [-0.39, 0.29) is 29.8 Å². The maximum absolute atomic E-state index is 12.7. The molecule has 6 heteroatoms. The topological polar surface area (TPSA) is 50.8 Å². The molecule has 1 atom stereocenters. The van der Waals surface area contributed by atoms with Crippen LogP contribution >= 0.6 is 24.0 Å². The number of nitrogens with two attached hydrogens (primary N) is 1. The van der Waals surface area contributed by atoms with Crippen LogP contribution in [0.2, 0.25) is 0 Å². The van der Waals surface area contributed by atoms with Gasteiger partial charge in [-0.1, -0.05) is 6.92 Å². The summed E-state index contributed by atoms with van der Waals surface area (Å²) < 4.78 is 18.2. The minimum atomic E-state index is -0.254. The Kier molecular flexibility index (Phi) is 8.52. The van der Waals surface area contributed by atoms with Crippen LogP contribution < -0.4 is 10.5 Å². The van der Waals surface area contributed by atoms with Gasteiger partial charge < -0.3 is 15.4 Å². The molecule has 1 fully saturated rings. The lowest BCUT2D eigenvalue weighted by atomic mass is 10.0. The van der Waals surface area contributed by atoms with Crippen molar-refractivity contribution in [2.75, 3.05) is 26.2 Å². The number of rotatable bonds is 5. The van der Waals surface area contributed by atoms with E-state index in [9.17, 15) is 4.39 Å². The molecular formula is C16H25FIN3O. The molecule has 0 saturated carbocycles. The number of nitrogens with zero attached hydrogens (tertiary/aromatic N) is 2. The third-order valence-electron chi connectivity index (χ3n) is 3.64. The highest BCUT2D eigenvalue weighted by Crippen LogP contribution is 2.15. The zero-order valence-electron chi connectivity index (χ0n) is 13.0. The zero-order chi connectivity index (χ0) is 15.1. The van der Waals surface area contributed by atoms with Crippen LogP contribution in [-0.4, -0.2) is 37.1 Å². The zero-order valence-corrected chi connectivity index (χ0v) is 15.3. The van der Waals surface area contributed by atoms with E-state index < -0.39 is 0 Å². The number of halogens is 2. The minimum Gasteiger partial charge on any atom is -0.494 e. The van der Waals surface area contributed by atoms with Gasteiger partial charge in [-0.15, -0.1) is 24.0 Å². The molecule has 0 bridgehead atoms. The molecule has 4 nitrogen and oxygen atoms in total. The highest BCUT2D eigenvalue weighted by molar-refractivity contribution is 14.0. The molecule has 1 heterocycles. The predicted molar refractivity (Wildman–Crippen MR) is 98.4 cm³/mol. The molecule has 1 unspecified atom stereocenters. The molecule has 0 spiro atoms. The second-order valence-electron chi connectivity index (χ2n) is 5.59. The summed E-state index contributed by atoms with van der Waals surface area (Å²) in [6, 6.07) is 6.04. The molecule has 0 aromatic heterocycles. The summed E-state index contributed by atoms with van der Waals surface area (Å²) in [5.41, 5.74) is 6.01. The summed E-state index contributed by atoms with van der Waals surface area (Å²) in [6.45, 7) is 5.46. The third-order valence-corrected chi connectivity index (χ3v) is 3.64. The van der Waals surface area contributed by atoms with Gasteiger partial charge in [-0.05, 0) is 43.0 Å². The Balaban J connectivity index is 0.00000242. The fraction of sp³-hybridized carbons (Fsp3) is 0.562. The van der Waals surface area contributed by atoms with Gasteiger partial charge in [0.15, 0.2) is 5.96 Å². The molecule has 2 rings (SSSR count). The van der Waals surface area contributed by atoms with Gasteiger partial charge in [-0.25, -0.2) is 4.39 Å². The molecule has 0 amide bonds. The highest BCUT2D eigenvalue weighted by Gasteiger charge is 2.17. The number of piperidine rings is 1. The van der Waals surface area contributed by atoms with E-state index in [1.54, 1.807) is 12.1 Å². The van der Waals surface area contributed by atoms with Crippen molar-refractivity contribution in [2.24, 2.45) is 16.6 Å². The second kappa shape index (κ2) is 9.86. The number of hydrogen-bond donors (Lipinski definition) is 1. The Bertz CT molecular complexity index is 467. The molecule has 2 N–H and O–H groups in total. The van der Waals surface area contributed by atoms with E-state index in [0.29, 0.717) is 30.8 Å². The normalized spacial score (nSPS) is 18.7. The van der Waals surface area contributed by atoms with Crippen LogP contribution in [0, 0.1) is 11.7 Å². The Labute approximate surface area is 148 Å². The van der Waals surface area contributed by atoms with E-state index in [1.165, 1.54) is 25.0 Å². The highest BCUT2D eigenvalue weighted by atomic mass is 127. The smallest absolute Gasteiger partial charge is 0.191 e. The number of benzene rings is 1. The first-order valence-corrected chi connectivity index (χ1v) is 7.58. The maximum Gasteiger partial charge on any atom is 0.191 e. The summed E-state index contributed by atoms with van der Waals surface area (Å²) in [5.74, 6) is 1.76. The van der Waals surface area contributed by atoms with E-state index in [0.717, 1.165) is 19.5 Å². The Morgan fingerprint density at radius 1 is 1.41 bits per heavy atom. The molecular weight excluding hydrogens is 396 g/mol. The van der Waals surface area contributed by atoms with Crippen LogP contribution in [0.1, 0.15) is 26.2 Å². The van der Waals surface area contributed by atoms with Crippen molar-refractivity contribution < 1.29 is 9.13 Å². The van der Waals surface area contributed by atoms with Crippen LogP contribution in [0.4, 0.5) is 4.39 Å². The summed E-state index contributed by atoms with van der Waals surface area (Å²) in [4.78, 5) is 6.57. The van der Waals surface area contributed by atoms with Gasteiger partial charge in [0.25, 0.3) is 0 Å². The number of aliphatic imine (C=N–C) groups is 1. The fourth-order valence-electron chi connectivity index (χ4n) is 2.48. The SMILES string of the molecule is CC1CCCN(C(N)=NCCCOc2ccc(F)cc2)C1.I. The van der Waals surface area contributed by atoms with Crippen molar-refractivity contribution >= 4 is 29.9 Å². The lowest BCUT2D eigenvalue weighted by Crippen LogP contribution is -2.43. The second-order valence-corrected chi connectivity index (χ2v) is 5.59. The van der Waals surface area contributed by atoms with E-state index >= 15 is 0 Å². The molecule has 0 radical (unpaired) electrons. The number of guanidine groups is 1. The van der Waals surface area contributed by atoms with Crippen LogP contribution in [0.15, 0.2) is 29.3 Å². The standard InChI is InChI=1S/C16H24FN3O.HI/c1-13-4-2-10-20(12-13)16(18)19-9-3-11-21-15-7-5-14(17)6-8-15;/h5-8,13H,2-4,9-12H2,1H3,(H2,18,19);1H.